The molecule has 0 saturated carbocycles. The van der Waals surface area contributed by atoms with Gasteiger partial charge in [-0.05, 0) is 19.3 Å². The van der Waals surface area contributed by atoms with Crippen LogP contribution < -0.4 is 10.9 Å². The van der Waals surface area contributed by atoms with Crippen LogP contribution in [0.3, 0.4) is 0 Å². The summed E-state index contributed by atoms with van der Waals surface area (Å²) in [5.41, 5.74) is 0.247. The maximum Gasteiger partial charge on any atom is 0.287 e. The summed E-state index contributed by atoms with van der Waals surface area (Å²) < 4.78 is 6.88. The Balaban J connectivity index is 2.02. The van der Waals surface area contributed by atoms with Gasteiger partial charge in [-0.3, -0.25) is 4.79 Å². The fraction of sp³-hybridized carbons (Fsp3) is 0.538. The molecule has 1 aromatic heterocycles. The fourth-order valence-electron chi connectivity index (χ4n) is 2.03. The van der Waals surface area contributed by atoms with Crippen molar-refractivity contribution in [2.75, 3.05) is 18.5 Å². The summed E-state index contributed by atoms with van der Waals surface area (Å²) in [6.07, 6.45) is 6.69. The van der Waals surface area contributed by atoms with E-state index in [4.69, 9.17) is 16.3 Å². The fourth-order valence-corrected chi connectivity index (χ4v) is 2.25. The van der Waals surface area contributed by atoms with Gasteiger partial charge in [-0.1, -0.05) is 17.7 Å². The summed E-state index contributed by atoms with van der Waals surface area (Å²) in [5.74, 6) is 0. The molecule has 1 aliphatic heterocycles. The third-order valence-corrected chi connectivity index (χ3v) is 3.45. The highest BCUT2D eigenvalue weighted by atomic mass is 35.5. The van der Waals surface area contributed by atoms with E-state index in [1.807, 2.05) is 0 Å². The van der Waals surface area contributed by atoms with Crippen LogP contribution in [0.2, 0.25) is 5.02 Å². The summed E-state index contributed by atoms with van der Waals surface area (Å²) in [6, 6.07) is 0. The molecule has 0 aromatic carbocycles. The zero-order valence-corrected chi connectivity index (χ0v) is 11.5. The van der Waals surface area contributed by atoms with Crippen molar-refractivity contribution in [2.24, 2.45) is 0 Å². The molecule has 0 radical (unpaired) electrons. The van der Waals surface area contributed by atoms with Crippen molar-refractivity contribution in [2.45, 2.75) is 31.9 Å². The van der Waals surface area contributed by atoms with E-state index in [1.54, 1.807) is 12.3 Å². The van der Waals surface area contributed by atoms with Gasteiger partial charge in [0.2, 0.25) is 0 Å². The van der Waals surface area contributed by atoms with Gasteiger partial charge in [-0.15, -0.1) is 6.58 Å². The average molecular weight is 284 g/mol. The third-order valence-electron chi connectivity index (χ3n) is 3.08. The van der Waals surface area contributed by atoms with Crippen LogP contribution in [0.15, 0.2) is 23.6 Å². The van der Waals surface area contributed by atoms with Crippen molar-refractivity contribution in [1.82, 2.24) is 9.78 Å². The molecule has 0 spiro atoms. The average Bonchev–Trinajstić information content (AvgIpc) is 2.44. The standard InChI is InChI=1S/C13H18ClN3O2/c1-2-6-17-13(18)12(14)11(9-16-17)15-8-10-5-3-4-7-19-10/h2,9-10,15H,1,3-8H2. The molecule has 2 rings (SSSR count). The first kappa shape index (κ1) is 14.1. The molecule has 1 fully saturated rings. The second-order valence-electron chi connectivity index (χ2n) is 4.52. The van der Waals surface area contributed by atoms with Crippen molar-refractivity contribution >= 4 is 17.3 Å². The maximum atomic E-state index is 11.9. The van der Waals surface area contributed by atoms with Gasteiger partial charge in [-0.2, -0.15) is 5.10 Å². The quantitative estimate of drug-likeness (QED) is 0.841. The van der Waals surface area contributed by atoms with Gasteiger partial charge >= 0.3 is 0 Å². The van der Waals surface area contributed by atoms with Crippen molar-refractivity contribution < 1.29 is 4.74 Å². The molecular weight excluding hydrogens is 266 g/mol. The molecule has 1 unspecified atom stereocenters. The van der Waals surface area contributed by atoms with Gasteiger partial charge in [-0.25, -0.2) is 4.68 Å². The van der Waals surface area contributed by atoms with Gasteiger partial charge in [0.05, 0.1) is 24.5 Å². The summed E-state index contributed by atoms with van der Waals surface area (Å²) in [4.78, 5) is 11.9. The highest BCUT2D eigenvalue weighted by Crippen LogP contribution is 2.17. The molecular formula is C13H18ClN3O2. The Hall–Kier alpha value is -1.33. The number of ether oxygens (including phenoxy) is 1. The van der Waals surface area contributed by atoms with E-state index in [1.165, 1.54) is 11.1 Å². The topological polar surface area (TPSA) is 56.1 Å². The van der Waals surface area contributed by atoms with Crippen LogP contribution >= 0.6 is 11.6 Å². The number of halogens is 1. The first-order chi connectivity index (χ1) is 9.22. The van der Waals surface area contributed by atoms with Crippen molar-refractivity contribution in [1.29, 1.82) is 0 Å². The third kappa shape index (κ3) is 3.58. The van der Waals surface area contributed by atoms with Crippen LogP contribution in [0.5, 0.6) is 0 Å². The largest absolute Gasteiger partial charge is 0.380 e. The number of nitrogens with one attached hydrogen (secondary N) is 1. The minimum absolute atomic E-state index is 0.160. The number of aromatic nitrogens is 2. The number of allylic oxidation sites excluding steroid dienone is 1. The van der Waals surface area contributed by atoms with E-state index in [-0.39, 0.29) is 16.7 Å². The Morgan fingerprint density at radius 1 is 1.63 bits per heavy atom. The Bertz CT molecular complexity index is 495. The van der Waals surface area contributed by atoms with Crippen molar-refractivity contribution in [3.8, 4) is 0 Å². The minimum atomic E-state index is -0.309. The number of hydrogen-bond donors (Lipinski definition) is 1. The minimum Gasteiger partial charge on any atom is -0.380 e. The molecule has 6 heteroatoms. The first-order valence-electron chi connectivity index (χ1n) is 6.44. The summed E-state index contributed by atoms with van der Waals surface area (Å²) in [7, 11) is 0. The molecule has 1 saturated heterocycles. The lowest BCUT2D eigenvalue weighted by Crippen LogP contribution is -2.29. The van der Waals surface area contributed by atoms with Crippen LogP contribution in [0.4, 0.5) is 5.69 Å². The summed E-state index contributed by atoms with van der Waals surface area (Å²) in [5, 5.41) is 7.33. The molecule has 0 amide bonds. The van der Waals surface area contributed by atoms with Gasteiger partial charge in [0, 0.05) is 13.2 Å². The molecule has 1 aliphatic rings. The highest BCUT2D eigenvalue weighted by molar-refractivity contribution is 6.32. The zero-order chi connectivity index (χ0) is 13.7. The molecule has 5 nitrogen and oxygen atoms in total. The molecule has 0 aliphatic carbocycles. The molecule has 104 valence electrons. The smallest absolute Gasteiger partial charge is 0.287 e. The van der Waals surface area contributed by atoms with Gasteiger partial charge in [0.15, 0.2) is 0 Å². The van der Waals surface area contributed by atoms with E-state index >= 15 is 0 Å². The lowest BCUT2D eigenvalue weighted by Gasteiger charge is -2.23. The Kier molecular flexibility index (Phi) is 4.99. The molecule has 19 heavy (non-hydrogen) atoms. The van der Waals surface area contributed by atoms with Crippen molar-refractivity contribution in [3.05, 3.63) is 34.2 Å². The van der Waals surface area contributed by atoms with Crippen LogP contribution in [-0.4, -0.2) is 29.0 Å². The summed E-state index contributed by atoms with van der Waals surface area (Å²) in [6.45, 7) is 5.37. The Morgan fingerprint density at radius 3 is 3.16 bits per heavy atom. The van der Waals surface area contributed by atoms with E-state index in [0.717, 1.165) is 19.4 Å². The van der Waals surface area contributed by atoms with E-state index in [2.05, 4.69) is 17.0 Å². The predicted octanol–water partition coefficient (Wildman–Crippen LogP) is 2.06. The second kappa shape index (κ2) is 6.73. The zero-order valence-electron chi connectivity index (χ0n) is 10.8. The van der Waals surface area contributed by atoms with Crippen LogP contribution in [0.25, 0.3) is 0 Å². The molecule has 1 N–H and O–H groups in total. The molecule has 1 aromatic rings. The maximum absolute atomic E-state index is 11.9. The van der Waals surface area contributed by atoms with Crippen LogP contribution in [0, 0.1) is 0 Å². The molecule has 1 atom stereocenters. The van der Waals surface area contributed by atoms with Crippen molar-refractivity contribution in [3.63, 3.8) is 0 Å². The van der Waals surface area contributed by atoms with E-state index in [9.17, 15) is 4.79 Å². The lowest BCUT2D eigenvalue weighted by molar-refractivity contribution is 0.0247. The SMILES string of the molecule is C=CCn1ncc(NCC2CCCCO2)c(Cl)c1=O. The number of hydrogen-bond acceptors (Lipinski definition) is 4. The summed E-state index contributed by atoms with van der Waals surface area (Å²) >= 11 is 6.04. The Labute approximate surface area is 117 Å². The number of rotatable bonds is 5. The lowest BCUT2D eigenvalue weighted by atomic mass is 10.1. The normalized spacial score (nSPS) is 19.1. The molecule has 0 bridgehead atoms. The van der Waals surface area contributed by atoms with Gasteiger partial charge in [0.1, 0.15) is 5.02 Å². The monoisotopic (exact) mass is 283 g/mol. The first-order valence-corrected chi connectivity index (χ1v) is 6.82. The van der Waals surface area contributed by atoms with Gasteiger partial charge in [0.25, 0.3) is 5.56 Å². The number of nitrogens with zero attached hydrogens (tertiary/aromatic N) is 2. The highest BCUT2D eigenvalue weighted by Gasteiger charge is 2.15. The van der Waals surface area contributed by atoms with E-state index < -0.39 is 0 Å². The van der Waals surface area contributed by atoms with Crippen LogP contribution in [-0.2, 0) is 11.3 Å². The van der Waals surface area contributed by atoms with Crippen LogP contribution in [0.1, 0.15) is 19.3 Å². The van der Waals surface area contributed by atoms with E-state index in [0.29, 0.717) is 18.8 Å². The molecule has 2 heterocycles. The number of anilines is 1. The second-order valence-corrected chi connectivity index (χ2v) is 4.90. The van der Waals surface area contributed by atoms with Gasteiger partial charge < -0.3 is 10.1 Å². The predicted molar refractivity (Wildman–Crippen MR) is 75.8 cm³/mol. The Morgan fingerprint density at radius 2 is 2.47 bits per heavy atom.